The van der Waals surface area contributed by atoms with Crippen molar-refractivity contribution in [2.45, 2.75) is 31.7 Å². The zero-order chi connectivity index (χ0) is 16.1. The molecule has 8 heteroatoms. The van der Waals surface area contributed by atoms with Crippen molar-refractivity contribution in [1.29, 1.82) is 0 Å². The first-order valence-corrected chi connectivity index (χ1v) is 8.79. The van der Waals surface area contributed by atoms with E-state index in [1.165, 1.54) is 0 Å². The number of carbonyl (C=O) groups excluding carboxylic acids is 1. The van der Waals surface area contributed by atoms with Gasteiger partial charge in [-0.25, -0.2) is 9.18 Å². The van der Waals surface area contributed by atoms with Crippen LogP contribution >= 0.6 is 0 Å². The molecular formula is C14H19FO6S. The maximum atomic E-state index is 12.9. The fourth-order valence-corrected chi connectivity index (χ4v) is 4.29. The lowest BCUT2D eigenvalue weighted by molar-refractivity contribution is -0.0377. The van der Waals surface area contributed by atoms with Crippen LogP contribution in [-0.2, 0) is 19.6 Å². The van der Waals surface area contributed by atoms with Crippen LogP contribution in [-0.4, -0.2) is 37.8 Å². The van der Waals surface area contributed by atoms with Gasteiger partial charge in [0.25, 0.3) is 5.50 Å². The Morgan fingerprint density at radius 1 is 1.50 bits per heavy atom. The van der Waals surface area contributed by atoms with Gasteiger partial charge < -0.3 is 9.47 Å². The quantitative estimate of drug-likeness (QED) is 0.471. The predicted molar refractivity (Wildman–Crippen MR) is 74.3 cm³/mol. The van der Waals surface area contributed by atoms with Crippen LogP contribution in [0.5, 0.6) is 0 Å². The lowest BCUT2D eigenvalue weighted by atomic mass is 9.46. The van der Waals surface area contributed by atoms with Gasteiger partial charge in [0.15, 0.2) is 0 Å². The van der Waals surface area contributed by atoms with Crippen LogP contribution in [0, 0.1) is 23.2 Å². The van der Waals surface area contributed by atoms with Crippen molar-refractivity contribution >= 4 is 16.3 Å². The van der Waals surface area contributed by atoms with E-state index in [4.69, 9.17) is 9.29 Å². The number of alkyl halides is 1. The Hall–Kier alpha value is -1.15. The zero-order valence-corrected chi connectivity index (χ0v) is 13.0. The highest BCUT2D eigenvalue weighted by Gasteiger charge is 2.54. The Balaban J connectivity index is 1.44. The van der Waals surface area contributed by atoms with Crippen LogP contribution in [0.2, 0.25) is 0 Å². The third kappa shape index (κ3) is 2.86. The van der Waals surface area contributed by atoms with E-state index in [0.29, 0.717) is 11.8 Å². The number of carbonyl (C=O) groups is 1. The van der Waals surface area contributed by atoms with Crippen LogP contribution < -0.4 is 0 Å². The molecule has 2 fully saturated rings. The normalized spacial score (nSPS) is 37.0. The molecule has 124 valence electrons. The molecule has 0 bridgehead atoms. The summed E-state index contributed by atoms with van der Waals surface area (Å²) in [6, 6.07) is 0. The summed E-state index contributed by atoms with van der Waals surface area (Å²) in [5.41, 5.74) is -1.22. The second-order valence-electron chi connectivity index (χ2n) is 6.89. The van der Waals surface area contributed by atoms with Gasteiger partial charge in [-0.1, -0.05) is 18.6 Å². The number of halogens is 1. The molecule has 5 atom stereocenters. The first-order chi connectivity index (χ1) is 10.2. The Morgan fingerprint density at radius 2 is 2.23 bits per heavy atom. The number of allylic oxidation sites excluding steroid dienone is 2. The number of hydrogen-bond acceptors (Lipinski definition) is 5. The fourth-order valence-electron chi connectivity index (χ4n) is 4.05. The number of rotatable bonds is 5. The first kappa shape index (κ1) is 15.7. The highest BCUT2D eigenvalue weighted by molar-refractivity contribution is 7.86. The van der Waals surface area contributed by atoms with Crippen LogP contribution in [0.15, 0.2) is 11.6 Å². The van der Waals surface area contributed by atoms with Crippen molar-refractivity contribution in [3.05, 3.63) is 11.6 Å². The monoisotopic (exact) mass is 334 g/mol. The smallest absolute Gasteiger partial charge is 0.434 e. The van der Waals surface area contributed by atoms with Gasteiger partial charge in [-0.3, -0.25) is 4.55 Å². The van der Waals surface area contributed by atoms with Crippen molar-refractivity contribution in [2.24, 2.45) is 23.2 Å². The zero-order valence-electron chi connectivity index (χ0n) is 12.2. The SMILES string of the molecule is CC1(COC(=O)OCC(F)S(=O)(=O)O)CC2C=C3CC(C1)C32. The van der Waals surface area contributed by atoms with E-state index in [1.807, 2.05) is 0 Å². The van der Waals surface area contributed by atoms with Crippen LogP contribution in [0.1, 0.15) is 26.2 Å². The lowest BCUT2D eigenvalue weighted by Gasteiger charge is -2.59. The molecule has 22 heavy (non-hydrogen) atoms. The van der Waals surface area contributed by atoms with Gasteiger partial charge in [-0.15, -0.1) is 0 Å². The second-order valence-corrected chi connectivity index (χ2v) is 8.43. The molecule has 0 aromatic carbocycles. The van der Waals surface area contributed by atoms with E-state index in [-0.39, 0.29) is 12.0 Å². The lowest BCUT2D eigenvalue weighted by Crippen LogP contribution is -2.51. The van der Waals surface area contributed by atoms with Crippen molar-refractivity contribution in [1.82, 2.24) is 0 Å². The molecule has 1 N–H and O–H groups in total. The van der Waals surface area contributed by atoms with Gasteiger partial charge in [0.1, 0.15) is 13.2 Å². The van der Waals surface area contributed by atoms with E-state index in [1.54, 1.807) is 5.57 Å². The molecule has 0 heterocycles. The molecule has 6 nitrogen and oxygen atoms in total. The Labute approximate surface area is 128 Å². The van der Waals surface area contributed by atoms with Gasteiger partial charge in [-0.05, 0) is 37.0 Å². The topological polar surface area (TPSA) is 89.9 Å². The Morgan fingerprint density at radius 3 is 2.82 bits per heavy atom. The molecule has 3 aliphatic carbocycles. The Kier molecular flexibility index (Phi) is 3.71. The van der Waals surface area contributed by atoms with Gasteiger partial charge in [0.05, 0.1) is 0 Å². The minimum Gasteiger partial charge on any atom is -0.434 e. The van der Waals surface area contributed by atoms with Gasteiger partial charge in [-0.2, -0.15) is 8.42 Å². The molecule has 0 amide bonds. The van der Waals surface area contributed by atoms with E-state index >= 15 is 0 Å². The largest absolute Gasteiger partial charge is 0.508 e. The first-order valence-electron chi connectivity index (χ1n) is 7.28. The molecule has 0 saturated heterocycles. The van der Waals surface area contributed by atoms with Crippen molar-refractivity contribution in [3.8, 4) is 0 Å². The average Bonchev–Trinajstić information content (AvgIpc) is 2.36. The standard InChI is InChI=1S/C14H19FO6S/c1-14(4-9-2-8-3-10(5-14)12(8)9)7-21-13(16)20-6-11(15)22(17,18)19/h2,9-12H,3-7H2,1H3,(H,17,18,19). The summed E-state index contributed by atoms with van der Waals surface area (Å²) in [5, 5.41) is 0. The molecular weight excluding hydrogens is 315 g/mol. The maximum absolute atomic E-state index is 12.9. The van der Waals surface area contributed by atoms with Gasteiger partial charge in [0, 0.05) is 5.41 Å². The van der Waals surface area contributed by atoms with E-state index in [2.05, 4.69) is 17.7 Å². The average molecular weight is 334 g/mol. The molecule has 3 rings (SSSR count). The minimum absolute atomic E-state index is 0.133. The predicted octanol–water partition coefficient (Wildman–Crippen LogP) is 2.32. The van der Waals surface area contributed by atoms with E-state index in [0.717, 1.165) is 25.2 Å². The van der Waals surface area contributed by atoms with Crippen LogP contribution in [0.4, 0.5) is 9.18 Å². The highest BCUT2D eigenvalue weighted by atomic mass is 32.2. The summed E-state index contributed by atoms with van der Waals surface area (Å²) in [4.78, 5) is 11.4. The van der Waals surface area contributed by atoms with Gasteiger partial charge >= 0.3 is 16.3 Å². The molecule has 2 saturated carbocycles. The number of ether oxygens (including phenoxy) is 2. The molecule has 0 aromatic heterocycles. The molecule has 5 unspecified atom stereocenters. The minimum atomic E-state index is -4.86. The summed E-state index contributed by atoms with van der Waals surface area (Å²) in [7, 11) is -4.86. The molecule has 3 aliphatic rings. The third-order valence-corrected chi connectivity index (χ3v) is 5.78. The second kappa shape index (κ2) is 5.19. The van der Waals surface area contributed by atoms with E-state index < -0.39 is 28.4 Å². The van der Waals surface area contributed by atoms with Crippen LogP contribution in [0.25, 0.3) is 0 Å². The van der Waals surface area contributed by atoms with Crippen molar-refractivity contribution < 1.29 is 31.6 Å². The Bertz CT molecular complexity index is 615. The fraction of sp³-hybridized carbons (Fsp3) is 0.786. The van der Waals surface area contributed by atoms with Crippen molar-refractivity contribution in [3.63, 3.8) is 0 Å². The maximum Gasteiger partial charge on any atom is 0.508 e. The summed E-state index contributed by atoms with van der Waals surface area (Å²) in [6.45, 7) is 1.14. The number of hydrogen-bond donors (Lipinski definition) is 1. The summed E-state index contributed by atoms with van der Waals surface area (Å²) >= 11 is 0. The third-order valence-electron chi connectivity index (χ3n) is 5.00. The molecule has 0 aromatic rings. The van der Waals surface area contributed by atoms with Gasteiger partial charge in [0.2, 0.25) is 0 Å². The van der Waals surface area contributed by atoms with E-state index in [9.17, 15) is 17.6 Å². The van der Waals surface area contributed by atoms with Crippen molar-refractivity contribution in [2.75, 3.05) is 13.2 Å². The highest BCUT2D eigenvalue weighted by Crippen LogP contribution is 2.63. The molecule has 0 aliphatic heterocycles. The summed E-state index contributed by atoms with van der Waals surface area (Å²) in [5.74, 6) is 1.97. The van der Waals surface area contributed by atoms with Crippen LogP contribution in [0.3, 0.4) is 0 Å². The summed E-state index contributed by atoms with van der Waals surface area (Å²) in [6.07, 6.45) is 4.25. The molecule has 0 radical (unpaired) electrons. The molecule has 0 spiro atoms. The summed E-state index contributed by atoms with van der Waals surface area (Å²) < 4.78 is 51.6.